The van der Waals surface area contributed by atoms with Crippen molar-refractivity contribution in [2.75, 3.05) is 0 Å². The maximum Gasteiger partial charge on any atom is 0.122 e. The first kappa shape index (κ1) is 10.7. The molecular weight excluding hydrogens is 224 g/mol. The number of halogens is 1. The molecule has 0 saturated heterocycles. The van der Waals surface area contributed by atoms with E-state index in [9.17, 15) is 0 Å². The Morgan fingerprint density at radius 2 is 2.31 bits per heavy atom. The summed E-state index contributed by atoms with van der Waals surface area (Å²) in [4.78, 5) is 0. The van der Waals surface area contributed by atoms with Crippen LogP contribution in [0.5, 0.6) is 0 Å². The number of aromatic nitrogens is 2. The van der Waals surface area contributed by atoms with Crippen molar-refractivity contribution in [3.05, 3.63) is 52.8 Å². The zero-order chi connectivity index (χ0) is 11.5. The van der Waals surface area contributed by atoms with Gasteiger partial charge in [-0.15, -0.1) is 0 Å². The van der Waals surface area contributed by atoms with E-state index in [0.29, 0.717) is 17.1 Å². The Labute approximate surface area is 98.2 Å². The number of nitrogens with one attached hydrogen (secondary N) is 1. The Hall–Kier alpha value is -1.81. The molecule has 0 aliphatic heterocycles. The van der Waals surface area contributed by atoms with E-state index < -0.39 is 0 Å². The Kier molecular flexibility index (Phi) is 2.92. The Bertz CT molecular complexity index is 505. The van der Waals surface area contributed by atoms with E-state index in [4.69, 9.17) is 22.7 Å². The second-order valence-electron chi connectivity index (χ2n) is 3.42. The normalized spacial score (nSPS) is 10.3. The Morgan fingerprint density at radius 1 is 1.50 bits per heavy atom. The van der Waals surface area contributed by atoms with E-state index in [1.165, 1.54) is 0 Å². The predicted molar refractivity (Wildman–Crippen MR) is 63.8 cm³/mol. The van der Waals surface area contributed by atoms with Crippen molar-refractivity contribution < 1.29 is 0 Å². The summed E-state index contributed by atoms with van der Waals surface area (Å²) in [6, 6.07) is 7.20. The van der Waals surface area contributed by atoms with Crippen LogP contribution >= 0.6 is 11.6 Å². The summed E-state index contributed by atoms with van der Waals surface area (Å²) in [5.41, 5.74) is 6.96. The lowest BCUT2D eigenvalue weighted by molar-refractivity contribution is 0.687. The molecule has 0 aliphatic carbocycles. The van der Waals surface area contributed by atoms with Gasteiger partial charge in [-0.1, -0.05) is 23.7 Å². The number of benzene rings is 1. The molecule has 0 atom stereocenters. The summed E-state index contributed by atoms with van der Waals surface area (Å²) in [6.45, 7) is 0.615. The smallest absolute Gasteiger partial charge is 0.122 e. The van der Waals surface area contributed by atoms with Crippen LogP contribution in [0.4, 0.5) is 0 Å². The van der Waals surface area contributed by atoms with Gasteiger partial charge in [0, 0.05) is 23.0 Å². The lowest BCUT2D eigenvalue weighted by Gasteiger charge is -2.06. The molecule has 1 heterocycles. The fraction of sp³-hybridized carbons (Fsp3) is 0.0909. The maximum absolute atomic E-state index is 7.30. The fourth-order valence-electron chi connectivity index (χ4n) is 1.41. The molecule has 82 valence electrons. The standard InChI is InChI=1S/C11H11ClN4/c12-10-6-8(11(13)14)2-3-9(10)7-16-5-1-4-15-16/h1-6H,7H2,(H3,13,14). The maximum atomic E-state index is 7.30. The molecule has 0 spiro atoms. The molecule has 3 N–H and O–H groups in total. The van der Waals surface area contributed by atoms with Gasteiger partial charge in [-0.05, 0) is 17.7 Å². The molecule has 5 heteroatoms. The van der Waals surface area contributed by atoms with Crippen LogP contribution in [0.25, 0.3) is 0 Å². The van der Waals surface area contributed by atoms with Crippen LogP contribution < -0.4 is 5.73 Å². The monoisotopic (exact) mass is 234 g/mol. The highest BCUT2D eigenvalue weighted by molar-refractivity contribution is 6.31. The number of hydrogen-bond donors (Lipinski definition) is 2. The Morgan fingerprint density at radius 3 is 2.88 bits per heavy atom. The van der Waals surface area contributed by atoms with Gasteiger partial charge in [0.15, 0.2) is 0 Å². The molecule has 2 rings (SSSR count). The number of rotatable bonds is 3. The van der Waals surface area contributed by atoms with Crippen LogP contribution in [0, 0.1) is 5.41 Å². The zero-order valence-corrected chi connectivity index (χ0v) is 9.28. The molecular formula is C11H11ClN4. The third-order valence-corrected chi connectivity index (χ3v) is 2.61. The van der Waals surface area contributed by atoms with Crippen molar-refractivity contribution in [1.29, 1.82) is 5.41 Å². The number of amidine groups is 1. The minimum Gasteiger partial charge on any atom is -0.384 e. The largest absolute Gasteiger partial charge is 0.384 e. The third kappa shape index (κ3) is 2.23. The summed E-state index contributed by atoms with van der Waals surface area (Å²) in [6.07, 6.45) is 3.59. The average Bonchev–Trinajstić information content (AvgIpc) is 2.73. The fourth-order valence-corrected chi connectivity index (χ4v) is 1.65. The average molecular weight is 235 g/mol. The molecule has 0 saturated carbocycles. The van der Waals surface area contributed by atoms with E-state index in [0.717, 1.165) is 5.56 Å². The topological polar surface area (TPSA) is 67.7 Å². The molecule has 0 unspecified atom stereocenters. The summed E-state index contributed by atoms with van der Waals surface area (Å²) in [5, 5.41) is 12.0. The summed E-state index contributed by atoms with van der Waals surface area (Å²) in [7, 11) is 0. The van der Waals surface area contributed by atoms with E-state index in [1.54, 1.807) is 23.0 Å². The molecule has 2 aromatic rings. The van der Waals surface area contributed by atoms with E-state index >= 15 is 0 Å². The van der Waals surface area contributed by atoms with Crippen molar-refractivity contribution in [3.63, 3.8) is 0 Å². The van der Waals surface area contributed by atoms with E-state index in [1.807, 2.05) is 18.3 Å². The minimum atomic E-state index is 0.0209. The van der Waals surface area contributed by atoms with Crippen LogP contribution in [-0.4, -0.2) is 15.6 Å². The minimum absolute atomic E-state index is 0.0209. The first-order chi connectivity index (χ1) is 7.66. The third-order valence-electron chi connectivity index (χ3n) is 2.26. The lowest BCUT2D eigenvalue weighted by Crippen LogP contribution is -2.11. The highest BCUT2D eigenvalue weighted by atomic mass is 35.5. The molecule has 0 bridgehead atoms. The van der Waals surface area contributed by atoms with Crippen LogP contribution in [-0.2, 0) is 6.54 Å². The van der Waals surface area contributed by atoms with Crippen LogP contribution in [0.15, 0.2) is 36.7 Å². The highest BCUT2D eigenvalue weighted by Gasteiger charge is 2.04. The van der Waals surface area contributed by atoms with Gasteiger partial charge in [0.2, 0.25) is 0 Å². The first-order valence-corrected chi connectivity index (χ1v) is 5.15. The molecule has 0 aliphatic rings. The first-order valence-electron chi connectivity index (χ1n) is 4.77. The second kappa shape index (κ2) is 4.37. The van der Waals surface area contributed by atoms with Crippen LogP contribution in [0.3, 0.4) is 0 Å². The summed E-state index contributed by atoms with van der Waals surface area (Å²) < 4.78 is 1.79. The molecule has 0 amide bonds. The van der Waals surface area contributed by atoms with Crippen molar-refractivity contribution in [2.45, 2.75) is 6.54 Å². The highest BCUT2D eigenvalue weighted by Crippen LogP contribution is 2.18. The number of nitrogens with two attached hydrogens (primary N) is 1. The van der Waals surface area contributed by atoms with Gasteiger partial charge in [0.05, 0.1) is 6.54 Å². The van der Waals surface area contributed by atoms with E-state index in [-0.39, 0.29) is 5.84 Å². The van der Waals surface area contributed by atoms with Gasteiger partial charge in [0.25, 0.3) is 0 Å². The molecule has 0 radical (unpaired) electrons. The van der Waals surface area contributed by atoms with Crippen LogP contribution in [0.1, 0.15) is 11.1 Å². The predicted octanol–water partition coefficient (Wildman–Crippen LogP) is 1.87. The quantitative estimate of drug-likeness (QED) is 0.629. The molecule has 0 fully saturated rings. The number of nitrogen functional groups attached to an aromatic ring is 1. The van der Waals surface area contributed by atoms with Crippen molar-refractivity contribution in [1.82, 2.24) is 9.78 Å². The molecule has 16 heavy (non-hydrogen) atoms. The summed E-state index contributed by atoms with van der Waals surface area (Å²) >= 11 is 6.10. The SMILES string of the molecule is N=C(N)c1ccc(Cn2cccn2)c(Cl)c1. The van der Waals surface area contributed by atoms with Gasteiger partial charge < -0.3 is 5.73 Å². The van der Waals surface area contributed by atoms with Gasteiger partial charge in [-0.25, -0.2) is 0 Å². The number of hydrogen-bond acceptors (Lipinski definition) is 2. The molecule has 1 aromatic heterocycles. The van der Waals surface area contributed by atoms with Crippen molar-refractivity contribution >= 4 is 17.4 Å². The Balaban J connectivity index is 2.26. The van der Waals surface area contributed by atoms with Gasteiger partial charge >= 0.3 is 0 Å². The lowest BCUT2D eigenvalue weighted by atomic mass is 10.1. The van der Waals surface area contributed by atoms with Gasteiger partial charge in [-0.3, -0.25) is 10.1 Å². The number of nitrogens with zero attached hydrogens (tertiary/aromatic N) is 2. The molecule has 4 nitrogen and oxygen atoms in total. The summed E-state index contributed by atoms with van der Waals surface area (Å²) in [5.74, 6) is 0.0209. The second-order valence-corrected chi connectivity index (χ2v) is 3.83. The van der Waals surface area contributed by atoms with Gasteiger partial charge in [-0.2, -0.15) is 5.10 Å². The van der Waals surface area contributed by atoms with E-state index in [2.05, 4.69) is 5.10 Å². The van der Waals surface area contributed by atoms with Crippen molar-refractivity contribution in [3.8, 4) is 0 Å². The van der Waals surface area contributed by atoms with Crippen LogP contribution in [0.2, 0.25) is 5.02 Å². The zero-order valence-electron chi connectivity index (χ0n) is 8.52. The molecule has 1 aromatic carbocycles. The van der Waals surface area contributed by atoms with Crippen molar-refractivity contribution in [2.24, 2.45) is 5.73 Å². The van der Waals surface area contributed by atoms with Gasteiger partial charge in [0.1, 0.15) is 5.84 Å².